The van der Waals surface area contributed by atoms with Crippen LogP contribution < -0.4 is 9.80 Å². The summed E-state index contributed by atoms with van der Waals surface area (Å²) in [5, 5.41) is 8.61. The molecule has 0 N–H and O–H groups in total. The van der Waals surface area contributed by atoms with Gasteiger partial charge in [-0.05, 0) is 24.3 Å². The normalized spacial score (nSPS) is 14.8. The average molecular weight is 243 g/mol. The van der Waals surface area contributed by atoms with Crippen molar-refractivity contribution in [1.29, 1.82) is 5.26 Å². The number of amides is 2. The van der Waals surface area contributed by atoms with Crippen LogP contribution in [0.5, 0.6) is 0 Å². The molecule has 1 aliphatic rings. The second-order valence-corrected chi connectivity index (χ2v) is 4.15. The second kappa shape index (κ2) is 4.88. The molecule has 1 aliphatic heterocycles. The van der Waals surface area contributed by atoms with Crippen molar-refractivity contribution in [3.63, 3.8) is 0 Å². The van der Waals surface area contributed by atoms with Gasteiger partial charge in [0.1, 0.15) is 6.54 Å². The average Bonchev–Trinajstić information content (AvgIpc) is 2.70. The van der Waals surface area contributed by atoms with Gasteiger partial charge in [0.05, 0.1) is 11.8 Å². The number of carbonyl (C=O) groups excluding carboxylic acids is 2. The zero-order chi connectivity index (χ0) is 13.1. The van der Waals surface area contributed by atoms with Crippen molar-refractivity contribution in [3.8, 4) is 6.07 Å². The third-order valence-electron chi connectivity index (χ3n) is 2.91. The van der Waals surface area contributed by atoms with Crippen LogP contribution in [0.15, 0.2) is 24.3 Å². The van der Waals surface area contributed by atoms with Crippen LogP contribution in [-0.4, -0.2) is 25.4 Å². The van der Waals surface area contributed by atoms with Gasteiger partial charge in [-0.1, -0.05) is 0 Å². The topological polar surface area (TPSA) is 64.4 Å². The highest BCUT2D eigenvalue weighted by atomic mass is 16.2. The van der Waals surface area contributed by atoms with Crippen molar-refractivity contribution in [1.82, 2.24) is 0 Å². The van der Waals surface area contributed by atoms with Crippen molar-refractivity contribution < 1.29 is 9.59 Å². The molecule has 92 valence electrons. The highest BCUT2D eigenvalue weighted by Gasteiger charge is 2.30. The molecule has 0 unspecified atom stereocenters. The van der Waals surface area contributed by atoms with Gasteiger partial charge in [0, 0.05) is 25.6 Å². The molecule has 1 heterocycles. The van der Waals surface area contributed by atoms with E-state index in [1.165, 1.54) is 4.90 Å². The lowest BCUT2D eigenvalue weighted by molar-refractivity contribution is -0.121. The number of imide groups is 1. The summed E-state index contributed by atoms with van der Waals surface area (Å²) in [6.07, 6.45) is 0.573. The Kier molecular flexibility index (Phi) is 3.28. The largest absolute Gasteiger partial charge is 0.361 e. The molecule has 0 atom stereocenters. The lowest BCUT2D eigenvalue weighted by Crippen LogP contribution is -2.28. The van der Waals surface area contributed by atoms with E-state index in [1.807, 2.05) is 7.05 Å². The molecule has 5 heteroatoms. The van der Waals surface area contributed by atoms with Gasteiger partial charge in [0.15, 0.2) is 0 Å². The van der Waals surface area contributed by atoms with Crippen LogP contribution in [0.25, 0.3) is 0 Å². The van der Waals surface area contributed by atoms with Crippen LogP contribution in [0.3, 0.4) is 0 Å². The van der Waals surface area contributed by atoms with E-state index >= 15 is 0 Å². The first-order chi connectivity index (χ1) is 8.63. The van der Waals surface area contributed by atoms with Crippen molar-refractivity contribution >= 4 is 23.2 Å². The zero-order valence-corrected chi connectivity index (χ0v) is 10.1. The fraction of sp³-hybridized carbons (Fsp3) is 0.308. The minimum Gasteiger partial charge on any atom is -0.361 e. The Morgan fingerprint density at radius 3 is 2.28 bits per heavy atom. The molecular weight excluding hydrogens is 230 g/mol. The summed E-state index contributed by atoms with van der Waals surface area (Å²) < 4.78 is 0. The van der Waals surface area contributed by atoms with E-state index in [1.54, 1.807) is 29.2 Å². The van der Waals surface area contributed by atoms with Crippen LogP contribution in [0.4, 0.5) is 11.4 Å². The van der Waals surface area contributed by atoms with Crippen LogP contribution in [0, 0.1) is 11.3 Å². The fourth-order valence-electron chi connectivity index (χ4n) is 1.92. The predicted octanol–water partition coefficient (Wildman–Crippen LogP) is 1.30. The van der Waals surface area contributed by atoms with Gasteiger partial charge < -0.3 is 4.90 Å². The summed E-state index contributed by atoms with van der Waals surface area (Å²) in [4.78, 5) is 26.1. The van der Waals surface area contributed by atoms with Crippen molar-refractivity contribution in [2.75, 3.05) is 23.4 Å². The number of hydrogen-bond acceptors (Lipinski definition) is 4. The number of nitrogens with zero attached hydrogens (tertiary/aromatic N) is 3. The summed E-state index contributed by atoms with van der Waals surface area (Å²) >= 11 is 0. The van der Waals surface area contributed by atoms with Gasteiger partial charge in [0.25, 0.3) is 0 Å². The SMILES string of the molecule is CN(CC#N)c1ccc(N2C(=O)CCC2=O)cc1. The molecule has 2 rings (SSSR count). The molecule has 0 aromatic heterocycles. The molecule has 2 amide bonds. The Morgan fingerprint density at radius 1 is 1.22 bits per heavy atom. The fourth-order valence-corrected chi connectivity index (χ4v) is 1.92. The summed E-state index contributed by atoms with van der Waals surface area (Å²) in [5.41, 5.74) is 1.47. The Labute approximate surface area is 105 Å². The van der Waals surface area contributed by atoms with E-state index in [9.17, 15) is 9.59 Å². The Hall–Kier alpha value is -2.35. The maximum absolute atomic E-state index is 11.6. The first kappa shape index (κ1) is 12.1. The summed E-state index contributed by atoms with van der Waals surface area (Å²) in [6, 6.07) is 9.10. The number of carbonyl (C=O) groups is 2. The maximum Gasteiger partial charge on any atom is 0.234 e. The monoisotopic (exact) mass is 243 g/mol. The molecule has 5 nitrogen and oxygen atoms in total. The second-order valence-electron chi connectivity index (χ2n) is 4.15. The first-order valence-corrected chi connectivity index (χ1v) is 5.67. The van der Waals surface area contributed by atoms with E-state index in [0.717, 1.165) is 5.69 Å². The van der Waals surface area contributed by atoms with Crippen LogP contribution in [-0.2, 0) is 9.59 Å². The van der Waals surface area contributed by atoms with Gasteiger partial charge in [-0.2, -0.15) is 5.26 Å². The van der Waals surface area contributed by atoms with Gasteiger partial charge in [-0.3, -0.25) is 14.5 Å². The molecule has 1 aromatic carbocycles. The lowest BCUT2D eigenvalue weighted by atomic mass is 10.2. The van der Waals surface area contributed by atoms with Gasteiger partial charge >= 0.3 is 0 Å². The number of nitriles is 1. The minimum absolute atomic E-state index is 0.155. The summed E-state index contributed by atoms with van der Waals surface area (Å²) in [6.45, 7) is 0.293. The molecule has 0 aliphatic carbocycles. The molecule has 18 heavy (non-hydrogen) atoms. The molecular formula is C13H13N3O2. The van der Waals surface area contributed by atoms with Gasteiger partial charge in [-0.25, -0.2) is 0 Å². The molecule has 0 radical (unpaired) electrons. The number of hydrogen-bond donors (Lipinski definition) is 0. The first-order valence-electron chi connectivity index (χ1n) is 5.67. The van der Waals surface area contributed by atoms with E-state index in [2.05, 4.69) is 6.07 Å². The van der Waals surface area contributed by atoms with Crippen LogP contribution >= 0.6 is 0 Å². The highest BCUT2D eigenvalue weighted by molar-refractivity contribution is 6.19. The quantitative estimate of drug-likeness (QED) is 0.593. The smallest absolute Gasteiger partial charge is 0.234 e. The van der Waals surface area contributed by atoms with E-state index in [4.69, 9.17) is 5.26 Å². The van der Waals surface area contributed by atoms with Crippen LogP contribution in [0.2, 0.25) is 0 Å². The van der Waals surface area contributed by atoms with E-state index in [0.29, 0.717) is 12.2 Å². The number of benzene rings is 1. The molecule has 1 saturated heterocycles. The van der Waals surface area contributed by atoms with Crippen molar-refractivity contribution in [2.24, 2.45) is 0 Å². The summed E-state index contributed by atoms with van der Waals surface area (Å²) in [7, 11) is 1.81. The molecule has 0 spiro atoms. The molecule has 1 aromatic rings. The van der Waals surface area contributed by atoms with Crippen LogP contribution in [0.1, 0.15) is 12.8 Å². The number of rotatable bonds is 3. The number of anilines is 2. The van der Waals surface area contributed by atoms with E-state index < -0.39 is 0 Å². The predicted molar refractivity (Wildman–Crippen MR) is 67.1 cm³/mol. The summed E-state index contributed by atoms with van der Waals surface area (Å²) in [5.74, 6) is -0.309. The molecule has 1 fully saturated rings. The van der Waals surface area contributed by atoms with Crippen molar-refractivity contribution in [3.05, 3.63) is 24.3 Å². The Bertz CT molecular complexity index is 500. The lowest BCUT2D eigenvalue weighted by Gasteiger charge is -2.18. The third kappa shape index (κ3) is 2.18. The minimum atomic E-state index is -0.155. The zero-order valence-electron chi connectivity index (χ0n) is 10.1. The van der Waals surface area contributed by atoms with Crippen molar-refractivity contribution in [2.45, 2.75) is 12.8 Å². The highest BCUT2D eigenvalue weighted by Crippen LogP contribution is 2.24. The maximum atomic E-state index is 11.6. The van der Waals surface area contributed by atoms with Gasteiger partial charge in [-0.15, -0.1) is 0 Å². The molecule has 0 bridgehead atoms. The molecule has 0 saturated carbocycles. The standard InChI is InChI=1S/C13H13N3O2/c1-15(9-8-14)10-2-4-11(5-3-10)16-12(17)6-7-13(16)18/h2-5H,6-7,9H2,1H3. The Morgan fingerprint density at radius 2 is 1.78 bits per heavy atom. The van der Waals surface area contributed by atoms with Gasteiger partial charge in [0.2, 0.25) is 11.8 Å². The Balaban J connectivity index is 2.20. The third-order valence-corrected chi connectivity index (χ3v) is 2.91. The van der Waals surface area contributed by atoms with E-state index in [-0.39, 0.29) is 24.7 Å².